The minimum atomic E-state index is -1.48. The zero-order chi connectivity index (χ0) is 16.8. The summed E-state index contributed by atoms with van der Waals surface area (Å²) in [5.41, 5.74) is 4.00. The van der Waals surface area contributed by atoms with E-state index in [1.54, 1.807) is 12.1 Å². The van der Waals surface area contributed by atoms with Crippen LogP contribution < -0.4 is 10.8 Å². The molecule has 4 nitrogen and oxygen atoms in total. The van der Waals surface area contributed by atoms with Crippen LogP contribution in [0.3, 0.4) is 0 Å². The van der Waals surface area contributed by atoms with Crippen molar-refractivity contribution in [2.75, 3.05) is 11.9 Å². The van der Waals surface area contributed by atoms with Crippen molar-refractivity contribution in [1.29, 1.82) is 0 Å². The molecule has 2 aromatic rings. The van der Waals surface area contributed by atoms with Crippen molar-refractivity contribution in [3.05, 3.63) is 59.2 Å². The van der Waals surface area contributed by atoms with Crippen LogP contribution in [0.25, 0.3) is 0 Å². The van der Waals surface area contributed by atoms with E-state index in [9.17, 15) is 14.8 Å². The van der Waals surface area contributed by atoms with Gasteiger partial charge in [-0.2, -0.15) is 0 Å². The molecule has 120 valence electrons. The third kappa shape index (κ3) is 4.44. The highest BCUT2D eigenvalue weighted by molar-refractivity contribution is 6.59. The molecular weight excluding hydrogens is 289 g/mol. The third-order valence-corrected chi connectivity index (χ3v) is 3.91. The second-order valence-corrected chi connectivity index (χ2v) is 5.87. The van der Waals surface area contributed by atoms with Crippen LogP contribution in [0.5, 0.6) is 0 Å². The van der Waals surface area contributed by atoms with Crippen molar-refractivity contribution in [1.82, 2.24) is 0 Å². The summed E-state index contributed by atoms with van der Waals surface area (Å²) < 4.78 is 0. The monoisotopic (exact) mass is 311 g/mol. The lowest BCUT2D eigenvalue weighted by Crippen LogP contribution is -2.34. The number of anilines is 1. The van der Waals surface area contributed by atoms with Gasteiger partial charge in [-0.3, -0.25) is 4.79 Å². The minimum absolute atomic E-state index is 0.377. The molecule has 0 aliphatic rings. The standard InChI is InChI=1S/C18H22BNO3/c1-13(2)14-7-8-17(19(22)23)15(11-14)9-10-20-18-6-4-3-5-16(18)12-21/h3-8,11-13,20,22-23H,9-10H2,1-2H3. The van der Waals surface area contributed by atoms with Gasteiger partial charge in [-0.25, -0.2) is 0 Å². The van der Waals surface area contributed by atoms with Gasteiger partial charge in [0.15, 0.2) is 6.29 Å². The van der Waals surface area contributed by atoms with Crippen LogP contribution in [0.15, 0.2) is 42.5 Å². The van der Waals surface area contributed by atoms with Crippen LogP contribution in [-0.2, 0) is 6.42 Å². The number of benzene rings is 2. The first-order valence-electron chi connectivity index (χ1n) is 7.80. The predicted octanol–water partition coefficient (Wildman–Crippen LogP) is 1.96. The molecule has 0 aliphatic carbocycles. The summed E-state index contributed by atoms with van der Waals surface area (Å²) >= 11 is 0. The molecule has 5 heteroatoms. The molecule has 0 saturated heterocycles. The van der Waals surface area contributed by atoms with Gasteiger partial charge in [0.2, 0.25) is 0 Å². The number of hydrogen-bond donors (Lipinski definition) is 3. The Hall–Kier alpha value is -2.11. The summed E-state index contributed by atoms with van der Waals surface area (Å²) in [5.74, 6) is 0.377. The van der Waals surface area contributed by atoms with E-state index in [4.69, 9.17) is 0 Å². The number of para-hydroxylation sites is 1. The van der Waals surface area contributed by atoms with Gasteiger partial charge >= 0.3 is 7.12 Å². The van der Waals surface area contributed by atoms with Crippen molar-refractivity contribution in [2.24, 2.45) is 0 Å². The van der Waals surface area contributed by atoms with E-state index in [0.29, 0.717) is 29.9 Å². The van der Waals surface area contributed by atoms with Gasteiger partial charge in [-0.1, -0.05) is 44.2 Å². The molecule has 2 rings (SSSR count). The second kappa shape index (κ2) is 7.95. The van der Waals surface area contributed by atoms with Crippen LogP contribution >= 0.6 is 0 Å². The summed E-state index contributed by atoms with van der Waals surface area (Å²) in [6.07, 6.45) is 1.46. The summed E-state index contributed by atoms with van der Waals surface area (Å²) in [7, 11) is -1.48. The number of carbonyl (C=O) groups excluding carboxylic acids is 1. The Morgan fingerprint density at radius 2 is 1.91 bits per heavy atom. The van der Waals surface area contributed by atoms with Crippen molar-refractivity contribution in [3.63, 3.8) is 0 Å². The van der Waals surface area contributed by atoms with E-state index in [0.717, 1.165) is 23.1 Å². The van der Waals surface area contributed by atoms with Crippen LogP contribution in [0, 0.1) is 0 Å². The van der Waals surface area contributed by atoms with Crippen LogP contribution in [0.1, 0.15) is 41.3 Å². The Morgan fingerprint density at radius 1 is 1.17 bits per heavy atom. The van der Waals surface area contributed by atoms with Gasteiger partial charge in [0.1, 0.15) is 0 Å². The zero-order valence-electron chi connectivity index (χ0n) is 13.5. The fourth-order valence-corrected chi connectivity index (χ4v) is 2.55. The van der Waals surface area contributed by atoms with Crippen molar-refractivity contribution >= 4 is 24.6 Å². The summed E-state index contributed by atoms with van der Waals surface area (Å²) in [5, 5.41) is 22.3. The van der Waals surface area contributed by atoms with Gasteiger partial charge < -0.3 is 15.4 Å². The van der Waals surface area contributed by atoms with E-state index in [1.165, 1.54) is 0 Å². The highest BCUT2D eigenvalue weighted by Crippen LogP contribution is 2.16. The smallest absolute Gasteiger partial charge is 0.423 e. The molecule has 23 heavy (non-hydrogen) atoms. The van der Waals surface area contributed by atoms with Gasteiger partial charge in [0, 0.05) is 17.8 Å². The van der Waals surface area contributed by atoms with Gasteiger partial charge in [-0.05, 0) is 41.1 Å². The molecule has 0 spiro atoms. The van der Waals surface area contributed by atoms with Crippen LogP contribution in [0.4, 0.5) is 5.69 Å². The van der Waals surface area contributed by atoms with Gasteiger partial charge in [0.05, 0.1) is 0 Å². The lowest BCUT2D eigenvalue weighted by molar-refractivity contribution is 0.112. The predicted molar refractivity (Wildman–Crippen MR) is 94.4 cm³/mol. The van der Waals surface area contributed by atoms with Crippen molar-refractivity contribution in [2.45, 2.75) is 26.2 Å². The summed E-state index contributed by atoms with van der Waals surface area (Å²) in [6.45, 7) is 4.81. The Morgan fingerprint density at radius 3 is 2.57 bits per heavy atom. The minimum Gasteiger partial charge on any atom is -0.423 e. The SMILES string of the molecule is CC(C)c1ccc(B(O)O)c(CCNc2ccccc2C=O)c1. The molecule has 0 atom stereocenters. The van der Waals surface area contributed by atoms with E-state index in [1.807, 2.05) is 30.3 Å². The maximum atomic E-state index is 11.0. The van der Waals surface area contributed by atoms with Gasteiger partial charge in [-0.15, -0.1) is 0 Å². The maximum Gasteiger partial charge on any atom is 0.488 e. The van der Waals surface area contributed by atoms with Gasteiger partial charge in [0.25, 0.3) is 0 Å². The maximum absolute atomic E-state index is 11.0. The Labute approximate surface area is 137 Å². The number of aldehydes is 1. The molecule has 0 saturated carbocycles. The normalized spacial score (nSPS) is 10.7. The first-order chi connectivity index (χ1) is 11.0. The average Bonchev–Trinajstić information content (AvgIpc) is 2.55. The fourth-order valence-electron chi connectivity index (χ4n) is 2.55. The molecule has 0 unspecified atom stereocenters. The topological polar surface area (TPSA) is 69.6 Å². The molecule has 2 aromatic carbocycles. The number of rotatable bonds is 7. The quantitative estimate of drug-likeness (QED) is 0.540. The lowest BCUT2D eigenvalue weighted by atomic mass is 9.75. The molecule has 0 radical (unpaired) electrons. The van der Waals surface area contributed by atoms with E-state index in [2.05, 4.69) is 19.2 Å². The first-order valence-corrected chi connectivity index (χ1v) is 7.80. The molecular formula is C18H22BNO3. The fraction of sp³-hybridized carbons (Fsp3) is 0.278. The highest BCUT2D eigenvalue weighted by atomic mass is 16.4. The molecule has 0 aliphatic heterocycles. The molecule has 0 heterocycles. The Bertz CT molecular complexity index is 671. The summed E-state index contributed by atoms with van der Waals surface area (Å²) in [6, 6.07) is 13.0. The van der Waals surface area contributed by atoms with Crippen molar-refractivity contribution in [3.8, 4) is 0 Å². The molecule has 0 fully saturated rings. The zero-order valence-corrected chi connectivity index (χ0v) is 13.5. The molecule has 0 aromatic heterocycles. The van der Waals surface area contributed by atoms with E-state index in [-0.39, 0.29) is 0 Å². The number of nitrogens with one attached hydrogen (secondary N) is 1. The average molecular weight is 311 g/mol. The summed E-state index contributed by atoms with van der Waals surface area (Å²) in [4.78, 5) is 11.0. The van der Waals surface area contributed by atoms with E-state index < -0.39 is 7.12 Å². The lowest BCUT2D eigenvalue weighted by Gasteiger charge is -2.14. The van der Waals surface area contributed by atoms with Crippen LogP contribution in [-0.4, -0.2) is 30.0 Å². The molecule has 0 bridgehead atoms. The first kappa shape index (κ1) is 17.3. The Kier molecular flexibility index (Phi) is 5.96. The van der Waals surface area contributed by atoms with E-state index >= 15 is 0 Å². The molecule has 0 amide bonds. The number of carbonyl (C=O) groups is 1. The molecule has 3 N–H and O–H groups in total. The second-order valence-electron chi connectivity index (χ2n) is 5.87. The van der Waals surface area contributed by atoms with Crippen molar-refractivity contribution < 1.29 is 14.8 Å². The number of hydrogen-bond acceptors (Lipinski definition) is 4. The van der Waals surface area contributed by atoms with Crippen LogP contribution in [0.2, 0.25) is 0 Å². The largest absolute Gasteiger partial charge is 0.488 e. The highest BCUT2D eigenvalue weighted by Gasteiger charge is 2.16. The third-order valence-electron chi connectivity index (χ3n) is 3.91. The Balaban J connectivity index is 2.12.